The highest BCUT2D eigenvalue weighted by Crippen LogP contribution is 2.34. The molecule has 0 saturated carbocycles. The van der Waals surface area contributed by atoms with Crippen LogP contribution in [-0.4, -0.2) is 17.1 Å². The topological polar surface area (TPSA) is 35.0 Å². The molecule has 3 aromatic rings. The van der Waals surface area contributed by atoms with Crippen molar-refractivity contribution in [3.8, 4) is 10.6 Å². The van der Waals surface area contributed by atoms with Crippen molar-refractivity contribution >= 4 is 22.2 Å². The molecular weight excluding hydrogens is 280 g/mol. The number of para-hydroxylation sites is 1. The summed E-state index contributed by atoms with van der Waals surface area (Å²) in [6.45, 7) is 4.81. The lowest BCUT2D eigenvalue weighted by Crippen LogP contribution is -1.96. The minimum atomic E-state index is 0.429. The summed E-state index contributed by atoms with van der Waals surface area (Å²) in [6, 6.07) is 8.11. The maximum absolute atomic E-state index is 5.30. The second-order valence-corrected chi connectivity index (χ2v) is 6.12. The van der Waals surface area contributed by atoms with Gasteiger partial charge in [-0.2, -0.15) is 0 Å². The third kappa shape index (κ3) is 2.69. The van der Waals surface area contributed by atoms with Crippen LogP contribution < -0.4 is 0 Å². The quantitative estimate of drug-likeness (QED) is 0.714. The van der Waals surface area contributed by atoms with Crippen molar-refractivity contribution in [1.82, 2.24) is 9.97 Å². The van der Waals surface area contributed by atoms with Crippen LogP contribution in [0.4, 0.5) is 0 Å². The minimum absolute atomic E-state index is 0.429. The minimum Gasteiger partial charge on any atom is -0.380 e. The van der Waals surface area contributed by atoms with Crippen molar-refractivity contribution in [2.45, 2.75) is 26.4 Å². The number of pyridine rings is 1. The first-order valence-corrected chi connectivity index (χ1v) is 7.82. The Morgan fingerprint density at radius 1 is 1.29 bits per heavy atom. The number of hydrogen-bond donors (Lipinski definition) is 0. The van der Waals surface area contributed by atoms with Crippen LogP contribution in [0.15, 0.2) is 29.6 Å². The molecule has 2 aromatic heterocycles. The van der Waals surface area contributed by atoms with Gasteiger partial charge in [0.25, 0.3) is 0 Å². The van der Waals surface area contributed by atoms with Crippen molar-refractivity contribution < 1.29 is 4.74 Å². The average molecular weight is 297 g/mol. The molecule has 0 fully saturated rings. The Labute approximate surface area is 128 Å². The molecule has 1 radical (unpaired) electrons. The largest absolute Gasteiger partial charge is 0.380 e. The van der Waals surface area contributed by atoms with Crippen molar-refractivity contribution in [1.29, 1.82) is 0 Å². The molecule has 107 valence electrons. The molecule has 0 bridgehead atoms. The Bertz CT molecular complexity index is 764. The zero-order chi connectivity index (χ0) is 14.8. The van der Waals surface area contributed by atoms with E-state index in [1.807, 2.05) is 18.2 Å². The molecule has 3 nitrogen and oxygen atoms in total. The lowest BCUT2D eigenvalue weighted by atomic mass is 10.0. The summed E-state index contributed by atoms with van der Waals surface area (Å²) in [6.07, 6.45) is 3.11. The highest BCUT2D eigenvalue weighted by Gasteiger charge is 2.15. The molecule has 1 aromatic carbocycles. The van der Waals surface area contributed by atoms with Gasteiger partial charge >= 0.3 is 0 Å². The number of rotatable bonds is 4. The van der Waals surface area contributed by atoms with E-state index in [0.29, 0.717) is 12.5 Å². The van der Waals surface area contributed by atoms with Crippen LogP contribution in [0.1, 0.15) is 31.0 Å². The first-order chi connectivity index (χ1) is 10.2. The predicted molar refractivity (Wildman–Crippen MR) is 86.5 cm³/mol. The molecule has 3 rings (SSSR count). The van der Waals surface area contributed by atoms with Crippen molar-refractivity contribution in [3.63, 3.8) is 0 Å². The lowest BCUT2D eigenvalue weighted by molar-refractivity contribution is 0.185. The van der Waals surface area contributed by atoms with Gasteiger partial charge in [0.2, 0.25) is 0 Å². The van der Waals surface area contributed by atoms with Crippen molar-refractivity contribution in [2.75, 3.05) is 7.11 Å². The number of aromatic nitrogens is 2. The maximum atomic E-state index is 5.30. The van der Waals surface area contributed by atoms with Gasteiger partial charge in [0, 0.05) is 29.0 Å². The fourth-order valence-electron chi connectivity index (χ4n) is 2.29. The molecule has 0 N–H and O–H groups in total. The normalized spacial score (nSPS) is 11.4. The Balaban J connectivity index is 2.23. The van der Waals surface area contributed by atoms with Crippen LogP contribution in [0.2, 0.25) is 0 Å². The molecule has 0 saturated heterocycles. The zero-order valence-electron chi connectivity index (χ0n) is 12.4. The van der Waals surface area contributed by atoms with Crippen LogP contribution in [-0.2, 0) is 11.3 Å². The number of ether oxygens (including phenoxy) is 1. The Morgan fingerprint density at radius 2 is 2.10 bits per heavy atom. The van der Waals surface area contributed by atoms with Crippen LogP contribution in [0, 0.1) is 6.20 Å². The first kappa shape index (κ1) is 14.2. The van der Waals surface area contributed by atoms with Gasteiger partial charge in [0.15, 0.2) is 0 Å². The lowest BCUT2D eigenvalue weighted by Gasteiger charge is -2.09. The van der Waals surface area contributed by atoms with Gasteiger partial charge in [-0.05, 0) is 12.0 Å². The molecule has 0 atom stereocenters. The molecule has 0 aliphatic carbocycles. The van der Waals surface area contributed by atoms with Gasteiger partial charge in [-0.15, -0.1) is 11.3 Å². The average Bonchev–Trinajstić information content (AvgIpc) is 2.97. The molecule has 4 heteroatoms. The van der Waals surface area contributed by atoms with E-state index < -0.39 is 0 Å². The van der Waals surface area contributed by atoms with Crippen LogP contribution in [0.25, 0.3) is 21.5 Å². The van der Waals surface area contributed by atoms with E-state index in [2.05, 4.69) is 36.5 Å². The van der Waals surface area contributed by atoms with E-state index in [0.717, 1.165) is 32.7 Å². The molecule has 2 heterocycles. The second-order valence-electron chi connectivity index (χ2n) is 5.26. The Morgan fingerprint density at radius 3 is 2.81 bits per heavy atom. The third-order valence-electron chi connectivity index (χ3n) is 3.40. The Kier molecular flexibility index (Phi) is 3.99. The fraction of sp³-hybridized carbons (Fsp3) is 0.294. The van der Waals surface area contributed by atoms with Crippen molar-refractivity contribution in [3.05, 3.63) is 47.1 Å². The van der Waals surface area contributed by atoms with E-state index >= 15 is 0 Å². The number of nitrogens with zero attached hydrogens (tertiary/aromatic N) is 2. The summed E-state index contributed by atoms with van der Waals surface area (Å²) in [7, 11) is 1.69. The van der Waals surface area contributed by atoms with E-state index in [4.69, 9.17) is 9.72 Å². The second kappa shape index (κ2) is 5.92. The number of methoxy groups -OCH3 is 1. The van der Waals surface area contributed by atoms with E-state index in [-0.39, 0.29) is 0 Å². The van der Waals surface area contributed by atoms with Crippen LogP contribution in [0.3, 0.4) is 0 Å². The molecule has 0 amide bonds. The van der Waals surface area contributed by atoms with Gasteiger partial charge in [-0.25, -0.2) is 9.97 Å². The SMILES string of the molecule is COCc1[c]nc2ccccc2c1-c1nc(C(C)C)cs1. The molecule has 0 unspecified atom stereocenters. The van der Waals surface area contributed by atoms with Gasteiger partial charge in [-0.3, -0.25) is 0 Å². The van der Waals surface area contributed by atoms with Gasteiger partial charge in [-0.1, -0.05) is 32.0 Å². The summed E-state index contributed by atoms with van der Waals surface area (Å²) < 4.78 is 5.30. The number of fused-ring (bicyclic) bond motifs is 1. The van der Waals surface area contributed by atoms with E-state index in [1.54, 1.807) is 18.4 Å². The van der Waals surface area contributed by atoms with E-state index in [1.165, 1.54) is 0 Å². The van der Waals surface area contributed by atoms with Crippen molar-refractivity contribution in [2.24, 2.45) is 0 Å². The molecule has 21 heavy (non-hydrogen) atoms. The number of thiazole rings is 1. The summed E-state index contributed by atoms with van der Waals surface area (Å²) in [5.74, 6) is 0.429. The summed E-state index contributed by atoms with van der Waals surface area (Å²) >= 11 is 1.67. The molecule has 0 aliphatic rings. The maximum Gasteiger partial charge on any atom is 0.124 e. The monoisotopic (exact) mass is 297 g/mol. The smallest absolute Gasteiger partial charge is 0.124 e. The summed E-state index contributed by atoms with van der Waals surface area (Å²) in [5, 5.41) is 4.25. The Hall–Kier alpha value is -1.78. The van der Waals surface area contributed by atoms with Crippen LogP contribution in [0.5, 0.6) is 0 Å². The standard InChI is InChI=1S/C17H17N2OS/c1-11(2)15-10-21-17(19-15)16-12(9-20-3)8-18-14-7-5-4-6-13(14)16/h4-7,10-11H,9H2,1-3H3. The molecule has 0 aliphatic heterocycles. The van der Waals surface area contributed by atoms with E-state index in [9.17, 15) is 0 Å². The number of hydrogen-bond acceptors (Lipinski definition) is 4. The summed E-state index contributed by atoms with van der Waals surface area (Å²) in [4.78, 5) is 9.19. The number of benzene rings is 1. The highest BCUT2D eigenvalue weighted by atomic mass is 32.1. The first-order valence-electron chi connectivity index (χ1n) is 6.94. The van der Waals surface area contributed by atoms with Gasteiger partial charge < -0.3 is 4.74 Å². The molecule has 0 spiro atoms. The third-order valence-corrected chi connectivity index (χ3v) is 4.28. The fourth-order valence-corrected chi connectivity index (χ4v) is 3.35. The zero-order valence-corrected chi connectivity index (χ0v) is 13.2. The highest BCUT2D eigenvalue weighted by molar-refractivity contribution is 7.13. The van der Waals surface area contributed by atoms with Gasteiger partial charge in [0.05, 0.1) is 24.0 Å². The van der Waals surface area contributed by atoms with Crippen LogP contribution >= 0.6 is 11.3 Å². The van der Waals surface area contributed by atoms with Gasteiger partial charge in [0.1, 0.15) is 5.01 Å². The predicted octanol–water partition coefficient (Wildman–Crippen LogP) is 4.43. The summed E-state index contributed by atoms with van der Waals surface area (Å²) in [5.41, 5.74) is 4.12. The molecular formula is C17H17N2OS.